The maximum atomic E-state index is 13.8. The molecule has 0 aliphatic carbocycles. The zero-order valence-electron chi connectivity index (χ0n) is 40.1. The van der Waals surface area contributed by atoms with Crippen molar-refractivity contribution in [3.63, 3.8) is 0 Å². The highest BCUT2D eigenvalue weighted by Gasteiger charge is 2.49. The van der Waals surface area contributed by atoms with Crippen molar-refractivity contribution in [1.29, 1.82) is 0 Å². The van der Waals surface area contributed by atoms with Gasteiger partial charge in [-0.25, -0.2) is 8.78 Å². The monoisotopic (exact) mass is 1070 g/mol. The first-order valence-corrected chi connectivity index (χ1v) is 27.3. The van der Waals surface area contributed by atoms with Crippen molar-refractivity contribution >= 4 is 65.2 Å². The summed E-state index contributed by atoms with van der Waals surface area (Å²) in [5.74, 6) is -1.95. The predicted molar refractivity (Wildman–Crippen MR) is 284 cm³/mol. The highest BCUT2D eigenvalue weighted by atomic mass is 31.2. The van der Waals surface area contributed by atoms with Crippen LogP contribution >= 0.6 is 14.5 Å². The summed E-state index contributed by atoms with van der Waals surface area (Å²) in [6.07, 6.45) is -9.48. The first kappa shape index (κ1) is 56.1. The summed E-state index contributed by atoms with van der Waals surface area (Å²) in [4.78, 5) is 26.8. The Morgan fingerprint density at radius 1 is 0.382 bits per heavy atom. The predicted octanol–water partition coefficient (Wildman–Crippen LogP) is 10.8. The molecule has 0 bridgehead atoms. The molecule has 16 heteroatoms. The summed E-state index contributed by atoms with van der Waals surface area (Å²) in [5.41, 5.74) is -2.49. The maximum Gasteiger partial charge on any atom is 0.416 e. The molecular formula is C60H45BF8O5P2. The molecule has 0 aliphatic rings. The average Bonchev–Trinajstić information content (AvgIpc) is 3.46. The van der Waals surface area contributed by atoms with E-state index in [0.717, 1.165) is 31.8 Å². The Morgan fingerprint density at radius 2 is 0.645 bits per heavy atom. The fraction of sp³-hybridized carbons (Fsp3) is 0.0667. The second kappa shape index (κ2) is 25.3. The quantitative estimate of drug-likeness (QED) is 0.0468. The van der Waals surface area contributed by atoms with Gasteiger partial charge in [-0.1, -0.05) is 133 Å². The lowest BCUT2D eigenvalue weighted by atomic mass is 10.1. The van der Waals surface area contributed by atoms with Crippen molar-refractivity contribution in [3.8, 4) is 5.75 Å². The first-order valence-electron chi connectivity index (χ1n) is 23.4. The van der Waals surface area contributed by atoms with E-state index in [-0.39, 0.29) is 41.4 Å². The Kier molecular flexibility index (Phi) is 18.7. The highest BCUT2D eigenvalue weighted by molar-refractivity contribution is 7.96. The van der Waals surface area contributed by atoms with Gasteiger partial charge in [0, 0.05) is 11.1 Å². The van der Waals surface area contributed by atoms with Gasteiger partial charge in [0.25, 0.3) is 0 Å². The van der Waals surface area contributed by atoms with Crippen molar-refractivity contribution < 1.29 is 59.4 Å². The molecule has 0 amide bonds. The third kappa shape index (κ3) is 14.0. The molecule has 0 saturated heterocycles. The number of halogens is 8. The minimum Gasteiger partial charge on any atom is -0.860 e. The van der Waals surface area contributed by atoms with Crippen LogP contribution in [0.2, 0.25) is 0 Å². The van der Waals surface area contributed by atoms with Crippen LogP contribution in [0.3, 0.4) is 0 Å². The number of ketones is 2. The van der Waals surface area contributed by atoms with Gasteiger partial charge in [0.05, 0.1) is 16.9 Å². The lowest BCUT2D eigenvalue weighted by Crippen LogP contribution is -2.50. The molecule has 0 saturated carbocycles. The molecule has 0 radical (unpaired) electrons. The molecule has 0 aromatic heterocycles. The van der Waals surface area contributed by atoms with Crippen LogP contribution in [0.4, 0.5) is 35.1 Å². The second-order valence-corrected chi connectivity index (χ2v) is 23.9. The maximum absolute atomic E-state index is 13.8. The van der Waals surface area contributed by atoms with Crippen molar-refractivity contribution in [1.82, 2.24) is 0 Å². The molecular weight excluding hydrogens is 1030 g/mol. The van der Waals surface area contributed by atoms with Crippen LogP contribution in [-0.2, 0) is 12.4 Å². The fourth-order valence-electron chi connectivity index (χ4n) is 8.58. The Morgan fingerprint density at radius 3 is 0.868 bits per heavy atom. The molecule has 0 fully saturated rings. The van der Waals surface area contributed by atoms with E-state index < -0.39 is 51.1 Å². The average molecular weight is 1070 g/mol. The molecule has 0 heterocycles. The summed E-state index contributed by atoms with van der Waals surface area (Å²) in [6.45, 7) is 0. The number of carbonyl (C=O) groups excluding carboxylic acids is 2. The van der Waals surface area contributed by atoms with Gasteiger partial charge in [-0.3, -0.25) is 9.59 Å². The number of hydrogen-bond acceptors (Lipinski definition) is 5. The van der Waals surface area contributed by atoms with Crippen LogP contribution < -0.4 is 46.5 Å². The van der Waals surface area contributed by atoms with Crippen LogP contribution in [0.1, 0.15) is 31.8 Å². The number of rotatable bonds is 14. The molecule has 9 aromatic rings. The van der Waals surface area contributed by atoms with Crippen molar-refractivity contribution in [2.75, 3.05) is 12.3 Å². The van der Waals surface area contributed by atoms with E-state index in [9.17, 15) is 54.8 Å². The van der Waals surface area contributed by atoms with E-state index in [0.29, 0.717) is 23.5 Å². The summed E-state index contributed by atoms with van der Waals surface area (Å²) in [7, 11) is -7.54. The number of Topliss-reactive ketones (excluding diaryl/α,β-unsaturated/α-hetero) is 2. The first-order chi connectivity index (χ1) is 36.4. The van der Waals surface area contributed by atoms with Crippen molar-refractivity contribution in [3.05, 3.63) is 283 Å². The Hall–Kier alpha value is -7.60. The second-order valence-electron chi connectivity index (χ2n) is 17.0. The zero-order valence-corrected chi connectivity index (χ0v) is 41.9. The molecule has 0 atom stereocenters. The molecule has 0 unspecified atom stereocenters. The van der Waals surface area contributed by atoms with Crippen LogP contribution in [0.15, 0.2) is 249 Å². The van der Waals surface area contributed by atoms with E-state index in [1.807, 2.05) is 109 Å². The standard InChI is InChI=1S/2C26H21FOP.C8H3BF6O3/c2*27-22-12-10-11-21(19-22)26(28)20-29(23-13-4-1-5-14-23,24-15-6-2-7-16-24)25-17-8-3-9-18-25;10-7(11,12)4-1-5(8(13,14)15)3-6(2-4)18-9(16)17/h2*1-19H,20H2;1-3H/q2*+1;-2. The van der Waals surface area contributed by atoms with Gasteiger partial charge >= 0.3 is 12.4 Å². The van der Waals surface area contributed by atoms with Gasteiger partial charge in [0.1, 0.15) is 77.6 Å². The normalized spacial score (nSPS) is 11.5. The Balaban J connectivity index is 0.000000171. The molecule has 9 rings (SSSR count). The minimum absolute atomic E-state index is 0.0469. The Bertz CT molecular complexity index is 2890. The summed E-state index contributed by atoms with van der Waals surface area (Å²) in [6, 6.07) is 73.5. The lowest BCUT2D eigenvalue weighted by molar-refractivity contribution is -0.372. The van der Waals surface area contributed by atoms with Gasteiger partial charge in [0.2, 0.25) is 11.6 Å². The Labute approximate surface area is 436 Å². The molecule has 0 aliphatic heterocycles. The fourth-order valence-corrected chi connectivity index (χ4v) is 16.8. The SMILES string of the molecule is O=C(C[P+](c1ccccc1)(c1ccccc1)c1ccccc1)c1cccc(F)c1.O=C(C[P+](c1ccccc1)(c1ccccc1)c1ccccc1)c1cccc(F)c1.[O-]B([O-])Oc1cc(C(F)(F)F)cc(C(F)(F)F)c1. The lowest BCUT2D eigenvalue weighted by Gasteiger charge is -2.27. The van der Waals surface area contributed by atoms with Crippen LogP contribution in [0.25, 0.3) is 0 Å². The molecule has 9 aromatic carbocycles. The van der Waals surface area contributed by atoms with E-state index in [2.05, 4.69) is 77.5 Å². The van der Waals surface area contributed by atoms with Crippen molar-refractivity contribution in [2.45, 2.75) is 12.4 Å². The number of benzene rings is 9. The van der Waals surface area contributed by atoms with E-state index in [4.69, 9.17) is 0 Å². The molecule has 0 N–H and O–H groups in total. The third-order valence-corrected chi connectivity index (χ3v) is 20.6. The van der Waals surface area contributed by atoms with Gasteiger partial charge in [-0.15, -0.1) is 0 Å². The summed E-state index contributed by atoms with van der Waals surface area (Å²) >= 11 is 0. The number of alkyl halides is 6. The van der Waals surface area contributed by atoms with E-state index in [1.165, 1.54) is 24.3 Å². The van der Waals surface area contributed by atoms with Gasteiger partial charge in [0.15, 0.2) is 0 Å². The minimum atomic E-state index is -5.05. The molecule has 5 nitrogen and oxygen atoms in total. The van der Waals surface area contributed by atoms with Crippen molar-refractivity contribution in [2.24, 2.45) is 0 Å². The number of carbonyl (C=O) groups is 2. The topological polar surface area (TPSA) is 89.5 Å². The van der Waals surface area contributed by atoms with Gasteiger partial charge < -0.3 is 14.7 Å². The van der Waals surface area contributed by atoms with Crippen LogP contribution in [0, 0.1) is 11.6 Å². The highest BCUT2D eigenvalue weighted by Crippen LogP contribution is 2.57. The number of hydrogen-bond donors (Lipinski definition) is 0. The van der Waals surface area contributed by atoms with E-state index in [1.54, 1.807) is 24.3 Å². The smallest absolute Gasteiger partial charge is 0.416 e. The third-order valence-electron chi connectivity index (χ3n) is 12.0. The largest absolute Gasteiger partial charge is 0.860 e. The van der Waals surface area contributed by atoms with E-state index >= 15 is 0 Å². The molecule has 384 valence electrons. The molecule has 0 spiro atoms. The summed E-state index contributed by atoms with van der Waals surface area (Å²) < 4.78 is 105. The van der Waals surface area contributed by atoms with Gasteiger partial charge in [-0.2, -0.15) is 26.3 Å². The van der Waals surface area contributed by atoms with Crippen LogP contribution in [0.5, 0.6) is 5.75 Å². The molecule has 76 heavy (non-hydrogen) atoms. The summed E-state index contributed by atoms with van der Waals surface area (Å²) in [5, 5.41) is 27.0. The van der Waals surface area contributed by atoms with Crippen LogP contribution in [-0.4, -0.2) is 31.2 Å². The zero-order chi connectivity index (χ0) is 54.4. The van der Waals surface area contributed by atoms with Gasteiger partial charge in [-0.05, 0) is 115 Å².